The van der Waals surface area contributed by atoms with Crippen molar-refractivity contribution < 1.29 is 8.42 Å². The maximum Gasteiger partial charge on any atom is 0.242 e. The van der Waals surface area contributed by atoms with E-state index in [1.807, 2.05) is 0 Å². The fraction of sp³-hybridized carbons (Fsp3) is 0.538. The fourth-order valence-electron chi connectivity index (χ4n) is 1.72. The van der Waals surface area contributed by atoms with Crippen molar-refractivity contribution in [3.05, 3.63) is 27.7 Å². The summed E-state index contributed by atoms with van der Waals surface area (Å²) in [7, 11) is -3.66. The van der Waals surface area contributed by atoms with E-state index in [0.717, 1.165) is 13.0 Å². The molecule has 114 valence electrons. The van der Waals surface area contributed by atoms with Gasteiger partial charge in [-0.3, -0.25) is 0 Å². The molecule has 0 aliphatic carbocycles. The van der Waals surface area contributed by atoms with Gasteiger partial charge in [-0.05, 0) is 44.5 Å². The third-order valence-corrected chi connectivity index (χ3v) is 4.96. The number of rotatable bonds is 7. The summed E-state index contributed by atoms with van der Waals surface area (Å²) in [6, 6.07) is 2.84. The van der Waals surface area contributed by atoms with Crippen molar-refractivity contribution >= 4 is 33.2 Å². The Balaban J connectivity index is 3.14. The first kappa shape index (κ1) is 17.7. The highest BCUT2D eigenvalue weighted by atomic mass is 35.5. The van der Waals surface area contributed by atoms with E-state index in [-0.39, 0.29) is 16.0 Å². The minimum atomic E-state index is -3.66. The lowest BCUT2D eigenvalue weighted by Crippen LogP contribution is -2.30. The van der Waals surface area contributed by atoms with Gasteiger partial charge >= 0.3 is 0 Å². The summed E-state index contributed by atoms with van der Waals surface area (Å²) in [6.07, 6.45) is 0.984. The van der Waals surface area contributed by atoms with Crippen LogP contribution in [-0.4, -0.2) is 21.0 Å². The summed E-state index contributed by atoms with van der Waals surface area (Å²) in [5.74, 6) is 0. The maximum absolute atomic E-state index is 12.2. The zero-order valence-corrected chi connectivity index (χ0v) is 14.2. The molecule has 0 unspecified atom stereocenters. The van der Waals surface area contributed by atoms with E-state index < -0.39 is 10.0 Å². The lowest BCUT2D eigenvalue weighted by Gasteiger charge is -2.14. The first-order valence-electron chi connectivity index (χ1n) is 6.49. The Hall–Kier alpha value is -0.330. The maximum atomic E-state index is 12.2. The van der Waals surface area contributed by atoms with Crippen molar-refractivity contribution in [1.29, 1.82) is 0 Å². The Morgan fingerprint density at radius 2 is 1.90 bits per heavy atom. The minimum Gasteiger partial charge on any atom is -0.313 e. The second-order valence-corrected chi connectivity index (χ2v) is 7.33. The molecular formula is C13H20Cl2N2O2S. The summed E-state index contributed by atoms with van der Waals surface area (Å²) >= 11 is 12.2. The van der Waals surface area contributed by atoms with Gasteiger partial charge in [0.15, 0.2) is 0 Å². The smallest absolute Gasteiger partial charge is 0.242 e. The molecule has 0 heterocycles. The van der Waals surface area contributed by atoms with Gasteiger partial charge in [-0.15, -0.1) is 0 Å². The summed E-state index contributed by atoms with van der Waals surface area (Å²) in [6.45, 7) is 6.86. The van der Waals surface area contributed by atoms with Gasteiger partial charge in [-0.25, -0.2) is 13.1 Å². The molecule has 0 radical (unpaired) electrons. The van der Waals surface area contributed by atoms with Crippen LogP contribution in [0.4, 0.5) is 0 Å². The molecule has 4 nitrogen and oxygen atoms in total. The number of benzene rings is 1. The van der Waals surface area contributed by atoms with Crippen molar-refractivity contribution in [3.8, 4) is 0 Å². The predicted molar refractivity (Wildman–Crippen MR) is 83.9 cm³/mol. The van der Waals surface area contributed by atoms with Gasteiger partial charge in [-0.2, -0.15) is 0 Å². The molecule has 0 atom stereocenters. The Labute approximate surface area is 130 Å². The first-order chi connectivity index (χ1) is 9.27. The van der Waals surface area contributed by atoms with Gasteiger partial charge in [0.2, 0.25) is 10.0 Å². The number of nitrogens with one attached hydrogen (secondary N) is 2. The van der Waals surface area contributed by atoms with Gasteiger partial charge in [0.05, 0.1) is 5.02 Å². The van der Waals surface area contributed by atoms with Crippen molar-refractivity contribution in [3.63, 3.8) is 0 Å². The van der Waals surface area contributed by atoms with E-state index >= 15 is 0 Å². The number of hydrogen-bond donors (Lipinski definition) is 2. The largest absolute Gasteiger partial charge is 0.313 e. The van der Waals surface area contributed by atoms with Crippen LogP contribution in [0.2, 0.25) is 10.0 Å². The monoisotopic (exact) mass is 338 g/mol. The topological polar surface area (TPSA) is 58.2 Å². The molecular weight excluding hydrogens is 319 g/mol. The molecule has 0 saturated heterocycles. The van der Waals surface area contributed by atoms with Crippen LogP contribution in [0.15, 0.2) is 17.0 Å². The zero-order valence-electron chi connectivity index (χ0n) is 11.8. The predicted octanol–water partition coefficient (Wildman–Crippen LogP) is 3.18. The second kappa shape index (κ2) is 7.61. The quantitative estimate of drug-likeness (QED) is 0.750. The molecule has 1 aromatic rings. The molecule has 0 spiro atoms. The molecule has 0 fully saturated rings. The average molecular weight is 339 g/mol. The molecule has 0 aliphatic rings. The van der Waals surface area contributed by atoms with E-state index in [2.05, 4.69) is 17.0 Å². The minimum absolute atomic E-state index is 0.0219. The van der Waals surface area contributed by atoms with E-state index in [1.165, 1.54) is 6.07 Å². The lowest BCUT2D eigenvalue weighted by atomic mass is 10.2. The average Bonchev–Trinajstić information content (AvgIpc) is 2.31. The molecule has 0 bridgehead atoms. The van der Waals surface area contributed by atoms with Crippen molar-refractivity contribution in [2.24, 2.45) is 0 Å². The van der Waals surface area contributed by atoms with Crippen molar-refractivity contribution in [1.82, 2.24) is 10.0 Å². The number of halogens is 2. The molecule has 2 N–H and O–H groups in total. The van der Waals surface area contributed by atoms with Crippen LogP contribution >= 0.6 is 23.2 Å². The molecule has 7 heteroatoms. The molecule has 1 rings (SSSR count). The van der Waals surface area contributed by atoms with E-state index in [4.69, 9.17) is 23.2 Å². The van der Waals surface area contributed by atoms with E-state index in [0.29, 0.717) is 17.1 Å². The Bertz CT molecular complexity index is 560. The second-order valence-electron chi connectivity index (χ2n) is 4.83. The standard InChI is InChI=1S/C13H20Cl2N2O2S/c1-4-5-16-8-10-6-11(14)7-12(13(10)15)20(18,19)17-9(2)3/h6-7,9,16-17H,4-5,8H2,1-3H3. The third-order valence-electron chi connectivity index (χ3n) is 2.50. The number of hydrogen-bond acceptors (Lipinski definition) is 3. The van der Waals surface area contributed by atoms with Crippen LogP contribution in [0, 0.1) is 0 Å². The zero-order chi connectivity index (χ0) is 15.3. The van der Waals surface area contributed by atoms with Crippen molar-refractivity contribution in [2.75, 3.05) is 6.54 Å². The van der Waals surface area contributed by atoms with Gasteiger partial charge in [-0.1, -0.05) is 30.1 Å². The summed E-state index contributed by atoms with van der Waals surface area (Å²) < 4.78 is 27.0. The molecule has 0 amide bonds. The summed E-state index contributed by atoms with van der Waals surface area (Å²) in [5, 5.41) is 3.75. The lowest BCUT2D eigenvalue weighted by molar-refractivity contribution is 0.569. The first-order valence-corrected chi connectivity index (χ1v) is 8.72. The van der Waals surface area contributed by atoms with Crippen LogP contribution in [0.3, 0.4) is 0 Å². The van der Waals surface area contributed by atoms with E-state index in [1.54, 1.807) is 19.9 Å². The Morgan fingerprint density at radius 1 is 1.25 bits per heavy atom. The molecule has 20 heavy (non-hydrogen) atoms. The normalized spacial score (nSPS) is 12.1. The highest BCUT2D eigenvalue weighted by Gasteiger charge is 2.21. The Kier molecular flexibility index (Phi) is 6.75. The van der Waals surface area contributed by atoms with Gasteiger partial charge in [0.25, 0.3) is 0 Å². The van der Waals surface area contributed by atoms with Gasteiger partial charge < -0.3 is 5.32 Å². The van der Waals surface area contributed by atoms with Crippen LogP contribution < -0.4 is 10.0 Å². The highest BCUT2D eigenvalue weighted by Crippen LogP contribution is 2.29. The summed E-state index contributed by atoms with van der Waals surface area (Å²) in [4.78, 5) is 0.0219. The molecule has 0 saturated carbocycles. The van der Waals surface area contributed by atoms with Crippen molar-refractivity contribution in [2.45, 2.75) is 44.7 Å². The van der Waals surface area contributed by atoms with Crippen LogP contribution in [0.1, 0.15) is 32.8 Å². The molecule has 0 aromatic heterocycles. The fourth-order valence-corrected chi connectivity index (χ4v) is 3.90. The van der Waals surface area contributed by atoms with Gasteiger partial charge in [0, 0.05) is 17.6 Å². The Morgan fingerprint density at radius 3 is 2.45 bits per heavy atom. The summed E-state index contributed by atoms with van der Waals surface area (Å²) in [5.41, 5.74) is 0.678. The molecule has 1 aromatic carbocycles. The van der Waals surface area contributed by atoms with E-state index in [9.17, 15) is 8.42 Å². The number of sulfonamides is 1. The molecule has 0 aliphatic heterocycles. The van der Waals surface area contributed by atoms with Crippen LogP contribution in [-0.2, 0) is 16.6 Å². The highest BCUT2D eigenvalue weighted by molar-refractivity contribution is 7.89. The van der Waals surface area contributed by atoms with Crippen LogP contribution in [0.25, 0.3) is 0 Å². The third kappa shape index (κ3) is 4.90. The SMILES string of the molecule is CCCNCc1cc(Cl)cc(S(=O)(=O)NC(C)C)c1Cl. The van der Waals surface area contributed by atoms with Gasteiger partial charge in [0.1, 0.15) is 4.90 Å². The van der Waals surface area contributed by atoms with Crippen LogP contribution in [0.5, 0.6) is 0 Å².